The Labute approximate surface area is 116 Å². The van der Waals surface area contributed by atoms with E-state index in [4.69, 9.17) is 4.74 Å². The van der Waals surface area contributed by atoms with Gasteiger partial charge in [0.2, 0.25) is 0 Å². The summed E-state index contributed by atoms with van der Waals surface area (Å²) in [6, 6.07) is 3.86. The van der Waals surface area contributed by atoms with Gasteiger partial charge in [-0.05, 0) is 24.4 Å². The third kappa shape index (κ3) is 3.21. The van der Waals surface area contributed by atoms with Gasteiger partial charge in [0.05, 0.1) is 12.3 Å². The Morgan fingerprint density at radius 2 is 2.42 bits per heavy atom. The van der Waals surface area contributed by atoms with Gasteiger partial charge in [0.25, 0.3) is 5.91 Å². The summed E-state index contributed by atoms with van der Waals surface area (Å²) >= 11 is 1.63. The number of amides is 1. The fourth-order valence-corrected chi connectivity index (χ4v) is 2.42. The highest BCUT2D eigenvalue weighted by molar-refractivity contribution is 7.08. The number of aryl methyl sites for hydroxylation is 1. The molecule has 2 heterocycles. The van der Waals surface area contributed by atoms with Crippen LogP contribution in [0.5, 0.6) is 0 Å². The van der Waals surface area contributed by atoms with Crippen molar-refractivity contribution in [3.05, 3.63) is 28.6 Å². The summed E-state index contributed by atoms with van der Waals surface area (Å²) in [6.07, 6.45) is 0. The molecule has 2 rings (SSSR count). The molecule has 5 nitrogen and oxygen atoms in total. The first-order valence-corrected chi connectivity index (χ1v) is 7.08. The van der Waals surface area contributed by atoms with Gasteiger partial charge in [-0.1, -0.05) is 0 Å². The van der Waals surface area contributed by atoms with Crippen LogP contribution in [0.4, 0.5) is 0 Å². The Morgan fingerprint density at radius 3 is 3.05 bits per heavy atom. The Morgan fingerprint density at radius 1 is 1.58 bits per heavy atom. The summed E-state index contributed by atoms with van der Waals surface area (Å²) in [7, 11) is 1.60. The molecule has 2 aromatic rings. The molecule has 0 fully saturated rings. The molecule has 0 spiro atoms. The van der Waals surface area contributed by atoms with Gasteiger partial charge in [-0.25, -0.2) is 0 Å². The standard InChI is InChI=1S/C13H17N3O2S/c1-3-16-12(10-4-7-19-9-10)8-11(15-16)13(17)14-5-6-18-2/h4,7-9H,3,5-6H2,1-2H3,(H,14,17). The van der Waals surface area contributed by atoms with Crippen molar-refractivity contribution in [3.63, 3.8) is 0 Å². The SMILES string of the molecule is CCn1nc(C(=O)NCCOC)cc1-c1ccsc1. The van der Waals surface area contributed by atoms with E-state index < -0.39 is 0 Å². The lowest BCUT2D eigenvalue weighted by atomic mass is 10.2. The minimum absolute atomic E-state index is 0.166. The molecule has 6 heteroatoms. The van der Waals surface area contributed by atoms with E-state index in [1.165, 1.54) is 0 Å². The summed E-state index contributed by atoms with van der Waals surface area (Å²) < 4.78 is 6.74. The van der Waals surface area contributed by atoms with Crippen LogP contribution in [0.25, 0.3) is 11.3 Å². The van der Waals surface area contributed by atoms with Gasteiger partial charge in [-0.3, -0.25) is 9.48 Å². The minimum Gasteiger partial charge on any atom is -0.383 e. The summed E-state index contributed by atoms with van der Waals surface area (Å²) in [5.74, 6) is -0.166. The molecule has 0 aliphatic rings. The second kappa shape index (κ2) is 6.49. The van der Waals surface area contributed by atoms with E-state index in [-0.39, 0.29) is 5.91 Å². The average Bonchev–Trinajstić information content (AvgIpc) is 3.07. The Bertz CT molecular complexity index is 534. The lowest BCUT2D eigenvalue weighted by molar-refractivity contribution is 0.0931. The van der Waals surface area contributed by atoms with Crippen molar-refractivity contribution >= 4 is 17.2 Å². The molecule has 0 aromatic carbocycles. The number of methoxy groups -OCH3 is 1. The number of ether oxygens (including phenoxy) is 1. The Kier molecular flexibility index (Phi) is 4.70. The largest absolute Gasteiger partial charge is 0.383 e. The van der Waals surface area contributed by atoms with E-state index in [0.717, 1.165) is 17.8 Å². The molecule has 0 saturated heterocycles. The normalized spacial score (nSPS) is 10.6. The van der Waals surface area contributed by atoms with Gasteiger partial charge in [-0.15, -0.1) is 0 Å². The van der Waals surface area contributed by atoms with Gasteiger partial charge >= 0.3 is 0 Å². The first-order chi connectivity index (χ1) is 9.26. The zero-order valence-corrected chi connectivity index (χ0v) is 11.9. The minimum atomic E-state index is -0.166. The predicted octanol–water partition coefficient (Wildman–Crippen LogP) is 2.01. The van der Waals surface area contributed by atoms with Crippen molar-refractivity contribution in [2.24, 2.45) is 0 Å². The molecule has 2 aromatic heterocycles. The number of nitrogens with zero attached hydrogens (tertiary/aromatic N) is 2. The quantitative estimate of drug-likeness (QED) is 0.823. The fraction of sp³-hybridized carbons (Fsp3) is 0.385. The molecule has 19 heavy (non-hydrogen) atoms. The molecule has 0 unspecified atom stereocenters. The Hall–Kier alpha value is -1.66. The average molecular weight is 279 g/mol. The zero-order valence-electron chi connectivity index (χ0n) is 11.0. The number of nitrogens with one attached hydrogen (secondary N) is 1. The molecule has 1 amide bonds. The number of rotatable bonds is 6. The molecular weight excluding hydrogens is 262 g/mol. The lowest BCUT2D eigenvalue weighted by Gasteiger charge is -2.01. The van der Waals surface area contributed by atoms with Crippen LogP contribution in [0.15, 0.2) is 22.9 Å². The molecule has 0 saturated carbocycles. The van der Waals surface area contributed by atoms with Crippen molar-refractivity contribution in [3.8, 4) is 11.3 Å². The Balaban J connectivity index is 2.17. The van der Waals surface area contributed by atoms with Gasteiger partial charge in [-0.2, -0.15) is 16.4 Å². The summed E-state index contributed by atoms with van der Waals surface area (Å²) in [5, 5.41) is 11.2. The van der Waals surface area contributed by atoms with Gasteiger partial charge in [0.15, 0.2) is 5.69 Å². The number of thiophene rings is 1. The van der Waals surface area contributed by atoms with E-state index in [1.54, 1.807) is 18.4 Å². The number of carbonyl (C=O) groups excluding carboxylic acids is 1. The van der Waals surface area contributed by atoms with E-state index in [1.807, 2.05) is 29.1 Å². The molecule has 0 radical (unpaired) electrons. The van der Waals surface area contributed by atoms with E-state index in [2.05, 4.69) is 15.8 Å². The van der Waals surface area contributed by atoms with Gasteiger partial charge in [0, 0.05) is 31.1 Å². The van der Waals surface area contributed by atoms with Gasteiger partial charge < -0.3 is 10.1 Å². The molecule has 0 aliphatic carbocycles. The van der Waals surface area contributed by atoms with Crippen LogP contribution in [-0.4, -0.2) is 35.9 Å². The van der Waals surface area contributed by atoms with Crippen LogP contribution < -0.4 is 5.32 Å². The van der Waals surface area contributed by atoms with Crippen LogP contribution >= 0.6 is 11.3 Å². The topological polar surface area (TPSA) is 56.2 Å². The second-order valence-electron chi connectivity index (χ2n) is 3.99. The highest BCUT2D eigenvalue weighted by Crippen LogP contribution is 2.23. The van der Waals surface area contributed by atoms with Crippen molar-refractivity contribution < 1.29 is 9.53 Å². The highest BCUT2D eigenvalue weighted by atomic mass is 32.1. The third-order valence-corrected chi connectivity index (χ3v) is 3.40. The summed E-state index contributed by atoms with van der Waals surface area (Å²) in [4.78, 5) is 11.9. The van der Waals surface area contributed by atoms with Crippen LogP contribution in [0.2, 0.25) is 0 Å². The molecule has 0 atom stereocenters. The summed E-state index contributed by atoms with van der Waals surface area (Å²) in [5.41, 5.74) is 2.51. The van der Waals surface area contributed by atoms with Crippen LogP contribution in [0.1, 0.15) is 17.4 Å². The van der Waals surface area contributed by atoms with E-state index >= 15 is 0 Å². The first-order valence-electron chi connectivity index (χ1n) is 6.13. The third-order valence-electron chi connectivity index (χ3n) is 2.72. The second-order valence-corrected chi connectivity index (χ2v) is 4.77. The maximum absolute atomic E-state index is 11.9. The lowest BCUT2D eigenvalue weighted by Crippen LogP contribution is -2.27. The van der Waals surface area contributed by atoms with E-state index in [0.29, 0.717) is 18.8 Å². The number of aromatic nitrogens is 2. The molecule has 0 bridgehead atoms. The predicted molar refractivity (Wildman–Crippen MR) is 75.4 cm³/mol. The highest BCUT2D eigenvalue weighted by Gasteiger charge is 2.14. The number of carbonyl (C=O) groups is 1. The van der Waals surface area contributed by atoms with Crippen molar-refractivity contribution in [1.82, 2.24) is 15.1 Å². The first kappa shape index (κ1) is 13.8. The van der Waals surface area contributed by atoms with Crippen molar-refractivity contribution in [1.29, 1.82) is 0 Å². The number of hydrogen-bond donors (Lipinski definition) is 1. The van der Waals surface area contributed by atoms with E-state index in [9.17, 15) is 4.79 Å². The van der Waals surface area contributed by atoms with Gasteiger partial charge in [0.1, 0.15) is 0 Å². The van der Waals surface area contributed by atoms with Crippen molar-refractivity contribution in [2.45, 2.75) is 13.5 Å². The maximum Gasteiger partial charge on any atom is 0.271 e. The fourth-order valence-electron chi connectivity index (χ4n) is 1.77. The van der Waals surface area contributed by atoms with Crippen molar-refractivity contribution in [2.75, 3.05) is 20.3 Å². The maximum atomic E-state index is 11.9. The molecular formula is C13H17N3O2S. The monoisotopic (exact) mass is 279 g/mol. The van der Waals surface area contributed by atoms with Crippen LogP contribution in [-0.2, 0) is 11.3 Å². The molecule has 0 aliphatic heterocycles. The molecule has 1 N–H and O–H groups in total. The smallest absolute Gasteiger partial charge is 0.271 e. The van der Waals surface area contributed by atoms with Crippen LogP contribution in [0, 0.1) is 0 Å². The number of hydrogen-bond acceptors (Lipinski definition) is 4. The molecule has 102 valence electrons. The zero-order chi connectivity index (χ0) is 13.7. The summed E-state index contributed by atoms with van der Waals surface area (Å²) in [6.45, 7) is 3.73. The van der Waals surface area contributed by atoms with Crippen LogP contribution in [0.3, 0.4) is 0 Å².